The average Bonchev–Trinajstić information content (AvgIpc) is 0. The summed E-state index contributed by atoms with van der Waals surface area (Å²) >= 11 is 0. The van der Waals surface area contributed by atoms with Gasteiger partial charge in [0.15, 0.2) is 0 Å². The summed E-state index contributed by atoms with van der Waals surface area (Å²) in [6, 6.07) is 0. The quantitative estimate of drug-likeness (QED) is 0.286. The van der Waals surface area contributed by atoms with Gasteiger partial charge in [-0.1, -0.05) is 7.43 Å². The third-order valence-electron chi connectivity index (χ3n) is 0. The van der Waals surface area contributed by atoms with Crippen LogP contribution in [0.1, 0.15) is 8.85 Å². The third-order valence-corrected chi connectivity index (χ3v) is 0. The summed E-state index contributed by atoms with van der Waals surface area (Å²) in [5, 5.41) is 0. The minimum Gasteiger partial charge on any atom is -1.00 e. The van der Waals surface area contributed by atoms with Gasteiger partial charge in [0.05, 0.1) is 0 Å². The molecule has 0 aromatic heterocycles. The largest absolute Gasteiger partial charge is 1.00 e. The molecule has 1 nitrogen and oxygen atoms in total. The molecule has 0 amide bonds. The first-order valence-electron chi connectivity index (χ1n) is 0. The first-order valence-corrected chi connectivity index (χ1v) is 0. The normalized spacial score (nSPS) is 0. The second kappa shape index (κ2) is 27.5. The fourth-order valence-corrected chi connectivity index (χ4v) is 0. The Morgan fingerprint density at radius 3 is 1.25 bits per heavy atom. The van der Waals surface area contributed by atoms with E-state index in [1.807, 2.05) is 0 Å². The molecule has 0 aromatic rings. The fourth-order valence-electron chi connectivity index (χ4n) is 0. The van der Waals surface area contributed by atoms with Gasteiger partial charge in [-0.3, -0.25) is 0 Å². The molecular formula is CH9NaOS. The maximum Gasteiger partial charge on any atom is 1.00 e. The van der Waals surface area contributed by atoms with Gasteiger partial charge in [0.2, 0.25) is 0 Å². The van der Waals surface area contributed by atoms with E-state index in [1.54, 1.807) is 0 Å². The van der Waals surface area contributed by atoms with E-state index >= 15 is 0 Å². The third kappa shape index (κ3) is 10.3. The van der Waals surface area contributed by atoms with Crippen molar-refractivity contribution in [3.8, 4) is 0 Å². The van der Waals surface area contributed by atoms with Gasteiger partial charge in [-0.25, -0.2) is 0 Å². The van der Waals surface area contributed by atoms with Crippen LogP contribution < -0.4 is 29.6 Å². The molecule has 0 rings (SSSR count). The zero-order chi connectivity index (χ0) is 0. The summed E-state index contributed by atoms with van der Waals surface area (Å²) in [7, 11) is 0. The van der Waals surface area contributed by atoms with Crippen molar-refractivity contribution in [2.24, 2.45) is 0 Å². The Morgan fingerprint density at radius 2 is 1.25 bits per heavy atom. The molecule has 3 heteroatoms. The minimum atomic E-state index is 0. The molecule has 0 aliphatic rings. The maximum absolute atomic E-state index is 0. The molecule has 0 heterocycles. The molecular weight excluding hydrogens is 83.1 g/mol. The van der Waals surface area contributed by atoms with E-state index in [0.717, 1.165) is 0 Å². The molecule has 0 bridgehead atoms. The van der Waals surface area contributed by atoms with Crippen LogP contribution in [0.25, 0.3) is 0 Å². The second-order valence-corrected chi connectivity index (χ2v) is 0. The van der Waals surface area contributed by atoms with Crippen molar-refractivity contribution >= 4 is 13.5 Å². The molecule has 0 atom stereocenters. The van der Waals surface area contributed by atoms with Gasteiger partial charge in [0.25, 0.3) is 0 Å². The van der Waals surface area contributed by atoms with E-state index in [2.05, 4.69) is 0 Å². The predicted octanol–water partition coefficient (Wildman–Crippen LogP) is -2.96. The zero-order valence-corrected chi connectivity index (χ0v) is 5.00. The fraction of sp³-hybridized carbons (Fsp3) is 1.00. The van der Waals surface area contributed by atoms with Crippen LogP contribution in [-0.2, 0) is 0 Å². The molecule has 0 aliphatic heterocycles. The van der Waals surface area contributed by atoms with E-state index < -0.39 is 0 Å². The van der Waals surface area contributed by atoms with Crippen molar-refractivity contribution in [1.82, 2.24) is 0 Å². The molecule has 0 unspecified atom stereocenters. The van der Waals surface area contributed by atoms with Crippen LogP contribution in [0.4, 0.5) is 0 Å². The molecule has 0 aromatic carbocycles. The molecule has 0 fully saturated rings. The van der Waals surface area contributed by atoms with Crippen molar-refractivity contribution < 1.29 is 36.5 Å². The summed E-state index contributed by atoms with van der Waals surface area (Å²) in [5.41, 5.74) is 0. The topological polar surface area (TPSA) is 31.5 Å². The Bertz CT molecular complexity index is 11.6. The van der Waals surface area contributed by atoms with Crippen molar-refractivity contribution in [1.29, 1.82) is 0 Å². The van der Waals surface area contributed by atoms with Crippen LogP contribution in [0.2, 0.25) is 0 Å². The van der Waals surface area contributed by atoms with Crippen LogP contribution in [0, 0.1) is 0 Å². The van der Waals surface area contributed by atoms with Crippen molar-refractivity contribution in [3.63, 3.8) is 0 Å². The number of hydrogen-bond acceptors (Lipinski definition) is 0. The van der Waals surface area contributed by atoms with Gasteiger partial charge in [0, 0.05) is 0 Å². The molecule has 26 valence electrons. The monoisotopic (exact) mass is 92.0 g/mol. The van der Waals surface area contributed by atoms with Gasteiger partial charge < -0.3 is 6.90 Å². The van der Waals surface area contributed by atoms with E-state index in [9.17, 15) is 0 Å². The zero-order valence-electron chi connectivity index (χ0n) is 3.00. The molecule has 0 aliphatic carbocycles. The summed E-state index contributed by atoms with van der Waals surface area (Å²) in [5.74, 6) is 0. The maximum atomic E-state index is 0. The van der Waals surface area contributed by atoms with Crippen LogP contribution >= 0.6 is 13.5 Å². The Kier molecular flexibility index (Phi) is 395. The predicted molar refractivity (Wildman–Crippen MR) is 21.8 cm³/mol. The standard InChI is InChI=1S/CH4.Na.H2O.H2S.H/h1H4;;2*1H2;/q;+1;;;-1. The van der Waals surface area contributed by atoms with Gasteiger partial charge in [-0.15, -0.1) is 0 Å². The van der Waals surface area contributed by atoms with Gasteiger partial charge in [-0.05, 0) is 0 Å². The summed E-state index contributed by atoms with van der Waals surface area (Å²) in [6.45, 7) is 0. The second-order valence-electron chi connectivity index (χ2n) is 0. The SMILES string of the molecule is C.O.S.[H-].[Na+]. The molecule has 0 spiro atoms. The Morgan fingerprint density at radius 1 is 1.25 bits per heavy atom. The number of rotatable bonds is 0. The first kappa shape index (κ1) is 57.5. The Labute approximate surface area is 57.3 Å². The van der Waals surface area contributed by atoms with Gasteiger partial charge >= 0.3 is 29.6 Å². The van der Waals surface area contributed by atoms with Gasteiger partial charge in [0.1, 0.15) is 0 Å². The summed E-state index contributed by atoms with van der Waals surface area (Å²) in [6.07, 6.45) is 0. The number of hydrogen-bond donors (Lipinski definition) is 0. The van der Waals surface area contributed by atoms with E-state index in [1.165, 1.54) is 0 Å². The summed E-state index contributed by atoms with van der Waals surface area (Å²) < 4.78 is 0. The minimum absolute atomic E-state index is 0. The van der Waals surface area contributed by atoms with Crippen molar-refractivity contribution in [2.75, 3.05) is 0 Å². The van der Waals surface area contributed by atoms with Gasteiger partial charge in [-0.2, -0.15) is 13.5 Å². The molecule has 0 saturated carbocycles. The Balaban J connectivity index is 0. The Hall–Kier alpha value is 1.31. The van der Waals surface area contributed by atoms with Crippen LogP contribution in [0.15, 0.2) is 0 Å². The van der Waals surface area contributed by atoms with Crippen LogP contribution in [0.3, 0.4) is 0 Å². The average molecular weight is 92.1 g/mol. The van der Waals surface area contributed by atoms with E-state index in [-0.39, 0.29) is 57.4 Å². The van der Waals surface area contributed by atoms with Crippen molar-refractivity contribution in [3.05, 3.63) is 0 Å². The van der Waals surface area contributed by atoms with Crippen LogP contribution in [-0.4, -0.2) is 5.48 Å². The molecule has 2 N–H and O–H groups in total. The molecule has 4 heavy (non-hydrogen) atoms. The molecule has 0 radical (unpaired) electrons. The van der Waals surface area contributed by atoms with E-state index in [0.29, 0.717) is 0 Å². The molecule has 0 saturated heterocycles. The van der Waals surface area contributed by atoms with Crippen molar-refractivity contribution in [2.45, 2.75) is 7.43 Å². The first-order chi connectivity index (χ1) is 0. The van der Waals surface area contributed by atoms with E-state index in [4.69, 9.17) is 0 Å². The smallest absolute Gasteiger partial charge is 1.00 e. The summed E-state index contributed by atoms with van der Waals surface area (Å²) in [4.78, 5) is 0. The van der Waals surface area contributed by atoms with Crippen LogP contribution in [0.5, 0.6) is 0 Å².